The third kappa shape index (κ3) is 3.40. The van der Waals surface area contributed by atoms with Crippen LogP contribution in [0.4, 0.5) is 0 Å². The van der Waals surface area contributed by atoms with Gasteiger partial charge in [0.05, 0.1) is 12.1 Å². The number of amides is 1. The highest BCUT2D eigenvalue weighted by molar-refractivity contribution is 6.32. The normalized spacial score (nSPS) is 13.8. The standard InChI is InChI=1S/C10H11ClN2O4/c1-10(17,9(15)16)5-13-8(14)6-3-2-4-12-7(6)11/h2-4,17H,5H2,1H3,(H,13,14)(H,15,16). The second kappa shape index (κ2) is 5.11. The fraction of sp³-hybridized carbons (Fsp3) is 0.300. The lowest BCUT2D eigenvalue weighted by Gasteiger charge is -2.18. The zero-order chi connectivity index (χ0) is 13.1. The topological polar surface area (TPSA) is 99.5 Å². The Kier molecular flexibility index (Phi) is 4.03. The molecule has 7 heteroatoms. The summed E-state index contributed by atoms with van der Waals surface area (Å²) in [6, 6.07) is 2.97. The van der Waals surface area contributed by atoms with Crippen LogP contribution >= 0.6 is 11.6 Å². The first-order valence-corrected chi connectivity index (χ1v) is 5.07. The van der Waals surface area contributed by atoms with Crippen molar-refractivity contribution in [1.29, 1.82) is 0 Å². The molecule has 0 aliphatic heterocycles. The lowest BCUT2D eigenvalue weighted by Crippen LogP contribution is -2.46. The number of hydrogen-bond acceptors (Lipinski definition) is 4. The average molecular weight is 259 g/mol. The number of carbonyl (C=O) groups excluding carboxylic acids is 1. The van der Waals surface area contributed by atoms with E-state index >= 15 is 0 Å². The molecule has 1 aromatic heterocycles. The Bertz CT molecular complexity index is 448. The highest BCUT2D eigenvalue weighted by Gasteiger charge is 2.30. The SMILES string of the molecule is CC(O)(CNC(=O)c1cccnc1Cl)C(=O)O. The van der Waals surface area contributed by atoms with Gasteiger partial charge in [0.1, 0.15) is 5.15 Å². The van der Waals surface area contributed by atoms with E-state index in [0.29, 0.717) is 0 Å². The first kappa shape index (κ1) is 13.4. The Morgan fingerprint density at radius 3 is 2.76 bits per heavy atom. The number of carboxylic acids is 1. The molecule has 1 atom stereocenters. The summed E-state index contributed by atoms with van der Waals surface area (Å²) >= 11 is 5.68. The maximum atomic E-state index is 11.6. The van der Waals surface area contributed by atoms with Gasteiger partial charge in [0, 0.05) is 6.20 Å². The number of aromatic nitrogens is 1. The minimum absolute atomic E-state index is 0.0139. The van der Waals surface area contributed by atoms with E-state index in [0.717, 1.165) is 6.92 Å². The fourth-order valence-electron chi connectivity index (χ4n) is 0.979. The van der Waals surface area contributed by atoms with E-state index in [1.54, 1.807) is 0 Å². The second-order valence-corrected chi connectivity index (χ2v) is 3.96. The van der Waals surface area contributed by atoms with E-state index in [1.807, 2.05) is 0 Å². The van der Waals surface area contributed by atoms with Crippen molar-refractivity contribution in [2.45, 2.75) is 12.5 Å². The van der Waals surface area contributed by atoms with Crippen LogP contribution in [-0.4, -0.2) is 39.2 Å². The molecule has 0 bridgehead atoms. The number of nitrogens with zero attached hydrogens (tertiary/aromatic N) is 1. The van der Waals surface area contributed by atoms with Crippen molar-refractivity contribution in [3.63, 3.8) is 0 Å². The van der Waals surface area contributed by atoms with Crippen molar-refractivity contribution < 1.29 is 19.8 Å². The number of hydrogen-bond donors (Lipinski definition) is 3. The minimum atomic E-state index is -2.02. The van der Waals surface area contributed by atoms with Crippen molar-refractivity contribution in [2.24, 2.45) is 0 Å². The number of carbonyl (C=O) groups is 2. The molecule has 1 heterocycles. The van der Waals surface area contributed by atoms with Crippen molar-refractivity contribution in [3.8, 4) is 0 Å². The number of aliphatic hydroxyl groups is 1. The largest absolute Gasteiger partial charge is 0.479 e. The zero-order valence-electron chi connectivity index (χ0n) is 8.98. The predicted octanol–water partition coefficient (Wildman–Crippen LogP) is 0.300. The van der Waals surface area contributed by atoms with Gasteiger partial charge >= 0.3 is 5.97 Å². The molecule has 92 valence electrons. The molecule has 3 N–H and O–H groups in total. The van der Waals surface area contributed by atoms with Gasteiger partial charge in [0.2, 0.25) is 0 Å². The Labute approximate surface area is 102 Å². The Balaban J connectivity index is 2.69. The molecule has 0 aliphatic rings. The van der Waals surface area contributed by atoms with Gasteiger partial charge in [-0.1, -0.05) is 11.6 Å². The zero-order valence-corrected chi connectivity index (χ0v) is 9.73. The third-order valence-corrected chi connectivity index (χ3v) is 2.36. The first-order chi connectivity index (χ1) is 7.84. The quantitative estimate of drug-likeness (QED) is 0.675. The van der Waals surface area contributed by atoms with Crippen LogP contribution < -0.4 is 5.32 Å². The van der Waals surface area contributed by atoms with E-state index in [2.05, 4.69) is 10.3 Å². The summed E-state index contributed by atoms with van der Waals surface area (Å²) in [7, 11) is 0. The number of nitrogens with one attached hydrogen (secondary N) is 1. The van der Waals surface area contributed by atoms with Crippen LogP contribution in [0.5, 0.6) is 0 Å². The number of aliphatic carboxylic acids is 1. The molecule has 17 heavy (non-hydrogen) atoms. The van der Waals surface area contributed by atoms with Crippen LogP contribution in [0.3, 0.4) is 0 Å². The Hall–Kier alpha value is -1.66. The Morgan fingerprint density at radius 2 is 2.24 bits per heavy atom. The van der Waals surface area contributed by atoms with E-state index < -0.39 is 24.0 Å². The molecule has 1 amide bonds. The third-order valence-electron chi connectivity index (χ3n) is 2.06. The maximum absolute atomic E-state index is 11.6. The van der Waals surface area contributed by atoms with Crippen LogP contribution in [0.25, 0.3) is 0 Å². The summed E-state index contributed by atoms with van der Waals surface area (Å²) in [5.74, 6) is -2.01. The monoisotopic (exact) mass is 258 g/mol. The molecule has 1 unspecified atom stereocenters. The van der Waals surface area contributed by atoms with Gasteiger partial charge in [-0.3, -0.25) is 4.79 Å². The van der Waals surface area contributed by atoms with Crippen molar-refractivity contribution >= 4 is 23.5 Å². The van der Waals surface area contributed by atoms with Gasteiger partial charge in [-0.05, 0) is 19.1 Å². The highest BCUT2D eigenvalue weighted by atomic mass is 35.5. The molecule has 0 radical (unpaired) electrons. The molecule has 0 saturated heterocycles. The van der Waals surface area contributed by atoms with Crippen LogP contribution in [0.1, 0.15) is 17.3 Å². The van der Waals surface area contributed by atoms with Crippen LogP contribution in [0.2, 0.25) is 5.15 Å². The number of pyridine rings is 1. The van der Waals surface area contributed by atoms with Crippen molar-refractivity contribution in [2.75, 3.05) is 6.54 Å². The lowest BCUT2D eigenvalue weighted by molar-refractivity contribution is -0.155. The smallest absolute Gasteiger partial charge is 0.337 e. The van der Waals surface area contributed by atoms with Gasteiger partial charge in [0.15, 0.2) is 5.60 Å². The highest BCUT2D eigenvalue weighted by Crippen LogP contribution is 2.11. The molecule has 0 aliphatic carbocycles. The number of carboxylic acid groups (broad SMARTS) is 1. The fourth-order valence-corrected chi connectivity index (χ4v) is 1.18. The predicted molar refractivity (Wildman–Crippen MR) is 59.8 cm³/mol. The molecule has 0 aromatic carbocycles. The van der Waals surface area contributed by atoms with Gasteiger partial charge in [0.25, 0.3) is 5.91 Å². The molecule has 0 saturated carbocycles. The molecule has 0 spiro atoms. The second-order valence-electron chi connectivity index (χ2n) is 3.60. The molecule has 1 aromatic rings. The number of halogens is 1. The van der Waals surface area contributed by atoms with Crippen LogP contribution in [-0.2, 0) is 4.79 Å². The van der Waals surface area contributed by atoms with E-state index in [1.165, 1.54) is 18.3 Å². The molecule has 1 rings (SSSR count). The van der Waals surface area contributed by atoms with Gasteiger partial charge in [-0.25, -0.2) is 9.78 Å². The van der Waals surface area contributed by atoms with Crippen LogP contribution in [0, 0.1) is 0 Å². The van der Waals surface area contributed by atoms with Crippen molar-refractivity contribution in [3.05, 3.63) is 29.0 Å². The minimum Gasteiger partial charge on any atom is -0.479 e. The average Bonchev–Trinajstić information content (AvgIpc) is 2.26. The van der Waals surface area contributed by atoms with Gasteiger partial charge in [-0.2, -0.15) is 0 Å². The summed E-state index contributed by atoms with van der Waals surface area (Å²) in [6.07, 6.45) is 1.42. The van der Waals surface area contributed by atoms with E-state index in [9.17, 15) is 14.7 Å². The summed E-state index contributed by atoms with van der Waals surface area (Å²) < 4.78 is 0. The summed E-state index contributed by atoms with van der Waals surface area (Å²) in [4.78, 5) is 25.9. The summed E-state index contributed by atoms with van der Waals surface area (Å²) in [5, 5.41) is 20.3. The molecular weight excluding hydrogens is 248 g/mol. The Morgan fingerprint density at radius 1 is 1.59 bits per heavy atom. The molecular formula is C10H11ClN2O4. The van der Waals surface area contributed by atoms with Gasteiger partial charge in [-0.15, -0.1) is 0 Å². The number of rotatable bonds is 4. The van der Waals surface area contributed by atoms with E-state index in [-0.39, 0.29) is 10.7 Å². The first-order valence-electron chi connectivity index (χ1n) is 4.69. The molecule has 0 fully saturated rings. The van der Waals surface area contributed by atoms with Gasteiger partial charge < -0.3 is 15.5 Å². The van der Waals surface area contributed by atoms with E-state index in [4.69, 9.17) is 16.7 Å². The maximum Gasteiger partial charge on any atom is 0.337 e. The van der Waals surface area contributed by atoms with Crippen LogP contribution in [0.15, 0.2) is 18.3 Å². The summed E-state index contributed by atoms with van der Waals surface area (Å²) in [6.45, 7) is 0.660. The van der Waals surface area contributed by atoms with Crippen molar-refractivity contribution in [1.82, 2.24) is 10.3 Å². The molecule has 6 nitrogen and oxygen atoms in total. The summed E-state index contributed by atoms with van der Waals surface area (Å²) in [5.41, 5.74) is -1.90. The lowest BCUT2D eigenvalue weighted by atomic mass is 10.1.